The lowest BCUT2D eigenvalue weighted by molar-refractivity contribution is -0.137. The van der Waals surface area contributed by atoms with E-state index in [1.54, 1.807) is 6.92 Å². The van der Waals surface area contributed by atoms with Crippen molar-refractivity contribution in [2.75, 3.05) is 5.32 Å². The average Bonchev–Trinajstić information content (AvgIpc) is 2.01. The fraction of sp³-hybridized carbons (Fsp3) is 0.364. The second-order valence-electron chi connectivity index (χ2n) is 3.58. The fourth-order valence-corrected chi connectivity index (χ4v) is 1.37. The maximum Gasteiger partial charge on any atom is 0.325 e. The molecule has 0 saturated heterocycles. The molecule has 76 valence electrons. The van der Waals surface area contributed by atoms with Gasteiger partial charge in [-0.25, -0.2) is 0 Å². The van der Waals surface area contributed by atoms with Gasteiger partial charge in [0.05, 0.1) is 0 Å². The smallest absolute Gasteiger partial charge is 0.325 e. The van der Waals surface area contributed by atoms with Crippen molar-refractivity contribution >= 4 is 11.7 Å². The number of carboxylic acids is 1. The molecule has 0 fully saturated rings. The van der Waals surface area contributed by atoms with Crippen LogP contribution in [0.4, 0.5) is 5.69 Å². The van der Waals surface area contributed by atoms with Crippen LogP contribution < -0.4 is 5.32 Å². The van der Waals surface area contributed by atoms with Crippen LogP contribution in [0.5, 0.6) is 0 Å². The lowest BCUT2D eigenvalue weighted by Crippen LogP contribution is -2.25. The highest BCUT2D eigenvalue weighted by Gasteiger charge is 2.09. The molecule has 0 aliphatic heterocycles. The minimum atomic E-state index is -0.843. The van der Waals surface area contributed by atoms with Gasteiger partial charge < -0.3 is 10.4 Å². The van der Waals surface area contributed by atoms with E-state index in [9.17, 15) is 4.79 Å². The van der Waals surface area contributed by atoms with Crippen LogP contribution in [0.25, 0.3) is 0 Å². The monoisotopic (exact) mass is 193 g/mol. The molecule has 0 aliphatic carbocycles. The van der Waals surface area contributed by atoms with Gasteiger partial charge in [0.1, 0.15) is 6.04 Å². The molecule has 14 heavy (non-hydrogen) atoms. The first-order valence-corrected chi connectivity index (χ1v) is 4.56. The molecule has 0 spiro atoms. The molecule has 0 aromatic heterocycles. The van der Waals surface area contributed by atoms with Gasteiger partial charge in [-0.3, -0.25) is 4.79 Å². The summed E-state index contributed by atoms with van der Waals surface area (Å²) in [6.45, 7) is 5.60. The van der Waals surface area contributed by atoms with Gasteiger partial charge in [0, 0.05) is 5.69 Å². The summed E-state index contributed by atoms with van der Waals surface area (Å²) in [4.78, 5) is 10.6. The Balaban J connectivity index is 2.81. The Hall–Kier alpha value is -1.51. The van der Waals surface area contributed by atoms with Crippen LogP contribution in [-0.4, -0.2) is 17.1 Å². The van der Waals surface area contributed by atoms with Crippen molar-refractivity contribution in [2.24, 2.45) is 0 Å². The van der Waals surface area contributed by atoms with Crippen molar-refractivity contribution < 1.29 is 9.90 Å². The largest absolute Gasteiger partial charge is 0.480 e. The molecular weight excluding hydrogens is 178 g/mol. The summed E-state index contributed by atoms with van der Waals surface area (Å²) in [5.41, 5.74) is 3.12. The lowest BCUT2D eigenvalue weighted by atomic mass is 10.1. The van der Waals surface area contributed by atoms with E-state index < -0.39 is 12.0 Å². The van der Waals surface area contributed by atoms with E-state index in [4.69, 9.17) is 5.11 Å². The summed E-state index contributed by atoms with van der Waals surface area (Å²) in [6, 6.07) is 5.37. The average molecular weight is 193 g/mol. The minimum absolute atomic E-state index is 0.559. The third-order valence-corrected chi connectivity index (χ3v) is 1.98. The molecule has 1 aromatic carbocycles. The molecule has 0 radical (unpaired) electrons. The molecule has 1 unspecified atom stereocenters. The van der Waals surface area contributed by atoms with E-state index in [-0.39, 0.29) is 0 Å². The number of aryl methyl sites for hydroxylation is 2. The fourth-order valence-electron chi connectivity index (χ4n) is 1.37. The number of benzene rings is 1. The van der Waals surface area contributed by atoms with Crippen molar-refractivity contribution in [3.05, 3.63) is 29.3 Å². The first-order chi connectivity index (χ1) is 6.49. The summed E-state index contributed by atoms with van der Waals surface area (Å²) in [5, 5.41) is 11.6. The van der Waals surface area contributed by atoms with Gasteiger partial charge in [0.2, 0.25) is 0 Å². The molecule has 1 rings (SSSR count). The predicted molar refractivity (Wildman–Crippen MR) is 56.6 cm³/mol. The topological polar surface area (TPSA) is 49.3 Å². The van der Waals surface area contributed by atoms with Gasteiger partial charge in [-0.1, -0.05) is 6.07 Å². The molecule has 3 heteroatoms. The van der Waals surface area contributed by atoms with E-state index in [2.05, 4.69) is 11.4 Å². The highest BCUT2D eigenvalue weighted by atomic mass is 16.4. The van der Waals surface area contributed by atoms with E-state index in [0.29, 0.717) is 0 Å². The van der Waals surface area contributed by atoms with Crippen LogP contribution in [0.1, 0.15) is 18.1 Å². The van der Waals surface area contributed by atoms with Crippen molar-refractivity contribution in [1.29, 1.82) is 0 Å². The van der Waals surface area contributed by atoms with Crippen LogP contribution in [0.3, 0.4) is 0 Å². The third kappa shape index (κ3) is 2.76. The predicted octanol–water partition coefficient (Wildman–Crippen LogP) is 2.19. The maximum atomic E-state index is 10.6. The van der Waals surface area contributed by atoms with E-state index in [1.165, 1.54) is 0 Å². The highest BCUT2D eigenvalue weighted by molar-refractivity contribution is 5.76. The van der Waals surface area contributed by atoms with Crippen molar-refractivity contribution in [3.8, 4) is 0 Å². The van der Waals surface area contributed by atoms with Gasteiger partial charge in [-0.2, -0.15) is 0 Å². The van der Waals surface area contributed by atoms with Crippen molar-refractivity contribution in [1.82, 2.24) is 0 Å². The SMILES string of the molecule is Cc1cc(C)cc(NC(C)C(=O)O)c1. The molecule has 0 heterocycles. The van der Waals surface area contributed by atoms with Crippen LogP contribution >= 0.6 is 0 Å². The van der Waals surface area contributed by atoms with Crippen molar-refractivity contribution in [2.45, 2.75) is 26.8 Å². The van der Waals surface area contributed by atoms with Gasteiger partial charge in [0.15, 0.2) is 0 Å². The molecular formula is C11H15NO2. The Morgan fingerprint density at radius 1 is 1.29 bits per heavy atom. The second-order valence-corrected chi connectivity index (χ2v) is 3.58. The summed E-state index contributed by atoms with van der Waals surface area (Å²) in [5.74, 6) is -0.843. The molecule has 0 bridgehead atoms. The van der Waals surface area contributed by atoms with E-state index in [1.807, 2.05) is 26.0 Å². The zero-order valence-corrected chi connectivity index (χ0v) is 8.66. The normalized spacial score (nSPS) is 12.2. The summed E-state index contributed by atoms with van der Waals surface area (Å²) >= 11 is 0. The molecule has 2 N–H and O–H groups in total. The number of hydrogen-bond acceptors (Lipinski definition) is 2. The number of anilines is 1. The van der Waals surface area contributed by atoms with E-state index >= 15 is 0 Å². The second kappa shape index (κ2) is 4.13. The first-order valence-electron chi connectivity index (χ1n) is 4.56. The van der Waals surface area contributed by atoms with Crippen LogP contribution in [0, 0.1) is 13.8 Å². The summed E-state index contributed by atoms with van der Waals surface area (Å²) in [6.07, 6.45) is 0. The molecule has 0 amide bonds. The minimum Gasteiger partial charge on any atom is -0.480 e. The molecule has 0 saturated carbocycles. The van der Waals surface area contributed by atoms with Gasteiger partial charge in [0.25, 0.3) is 0 Å². The Morgan fingerprint density at radius 2 is 1.79 bits per heavy atom. The zero-order chi connectivity index (χ0) is 10.7. The summed E-state index contributed by atoms with van der Waals surface area (Å²) in [7, 11) is 0. The van der Waals surface area contributed by atoms with Crippen molar-refractivity contribution in [3.63, 3.8) is 0 Å². The Morgan fingerprint density at radius 3 is 2.21 bits per heavy atom. The number of aliphatic carboxylic acids is 1. The summed E-state index contributed by atoms with van der Waals surface area (Å²) < 4.78 is 0. The number of nitrogens with one attached hydrogen (secondary N) is 1. The highest BCUT2D eigenvalue weighted by Crippen LogP contribution is 2.14. The Kier molecular flexibility index (Phi) is 3.12. The quantitative estimate of drug-likeness (QED) is 0.773. The van der Waals surface area contributed by atoms with Crippen LogP contribution in [0.15, 0.2) is 18.2 Å². The zero-order valence-electron chi connectivity index (χ0n) is 8.66. The van der Waals surface area contributed by atoms with Gasteiger partial charge in [-0.05, 0) is 44.0 Å². The molecule has 1 atom stereocenters. The Labute approximate surface area is 83.8 Å². The standard InChI is InChI=1S/C11H15NO2/c1-7-4-8(2)6-10(5-7)12-9(3)11(13)14/h4-6,9,12H,1-3H3,(H,13,14). The molecule has 1 aromatic rings. The molecule has 0 aliphatic rings. The van der Waals surface area contributed by atoms with E-state index in [0.717, 1.165) is 16.8 Å². The third-order valence-electron chi connectivity index (χ3n) is 1.98. The van der Waals surface area contributed by atoms with Crippen LogP contribution in [-0.2, 0) is 4.79 Å². The Bertz CT molecular complexity index is 327. The van der Waals surface area contributed by atoms with Gasteiger partial charge >= 0.3 is 5.97 Å². The number of carboxylic acid groups (broad SMARTS) is 1. The van der Waals surface area contributed by atoms with Gasteiger partial charge in [-0.15, -0.1) is 0 Å². The maximum absolute atomic E-state index is 10.6. The number of hydrogen-bond donors (Lipinski definition) is 2. The van der Waals surface area contributed by atoms with Crippen LogP contribution in [0.2, 0.25) is 0 Å². The lowest BCUT2D eigenvalue weighted by Gasteiger charge is -2.11. The molecule has 3 nitrogen and oxygen atoms in total. The number of carbonyl (C=O) groups is 1. The number of rotatable bonds is 3. The first kappa shape index (κ1) is 10.6.